The van der Waals surface area contributed by atoms with Gasteiger partial charge in [-0.15, -0.1) is 0 Å². The van der Waals surface area contributed by atoms with E-state index in [9.17, 15) is 0 Å². The summed E-state index contributed by atoms with van der Waals surface area (Å²) in [7, 11) is 0. The summed E-state index contributed by atoms with van der Waals surface area (Å²) in [6, 6.07) is 14.9. The van der Waals surface area contributed by atoms with Gasteiger partial charge >= 0.3 is 0 Å². The lowest BCUT2D eigenvalue weighted by Crippen LogP contribution is -1.93. The first-order valence-electron chi connectivity index (χ1n) is 4.54. The minimum absolute atomic E-state index is 0.539. The van der Waals surface area contributed by atoms with Crippen LogP contribution in [0.4, 0.5) is 0 Å². The fourth-order valence-corrected chi connectivity index (χ4v) is 1.41. The van der Waals surface area contributed by atoms with Gasteiger partial charge in [-0.2, -0.15) is 0 Å². The second-order valence-electron chi connectivity index (χ2n) is 3.00. The molecular weight excluding hydrogens is 172 g/mol. The normalized spacial score (nSPS) is 10.0. The Bertz CT molecular complexity index is 440. The molecule has 1 nitrogen and oxygen atoms in total. The Morgan fingerprint density at radius 2 is 2.29 bits per heavy atom. The summed E-state index contributed by atoms with van der Waals surface area (Å²) in [5.74, 6) is 0.899. The Balaban J connectivity index is 2.48. The van der Waals surface area contributed by atoms with Gasteiger partial charge in [0.15, 0.2) is 0 Å². The van der Waals surface area contributed by atoms with E-state index in [1.54, 1.807) is 6.08 Å². The molecule has 0 amide bonds. The number of rotatable bonds is 3. The fraction of sp³-hybridized carbons (Fsp3) is 0.0769. The second kappa shape index (κ2) is 3.97. The van der Waals surface area contributed by atoms with Crippen LogP contribution in [0.15, 0.2) is 49.1 Å². The first kappa shape index (κ1) is 8.82. The molecule has 2 aromatic carbocycles. The molecule has 0 spiro atoms. The molecule has 0 unspecified atom stereocenters. The summed E-state index contributed by atoms with van der Waals surface area (Å²) in [5.41, 5.74) is 0. The van der Waals surface area contributed by atoms with Crippen molar-refractivity contribution in [3.63, 3.8) is 0 Å². The van der Waals surface area contributed by atoms with Crippen molar-refractivity contribution in [2.24, 2.45) is 0 Å². The molecule has 0 saturated carbocycles. The van der Waals surface area contributed by atoms with Crippen molar-refractivity contribution >= 4 is 10.8 Å². The van der Waals surface area contributed by atoms with E-state index in [0.29, 0.717) is 6.61 Å². The van der Waals surface area contributed by atoms with Gasteiger partial charge in [0.1, 0.15) is 12.4 Å². The predicted molar refractivity (Wildman–Crippen MR) is 58.5 cm³/mol. The van der Waals surface area contributed by atoms with Gasteiger partial charge in [-0.05, 0) is 23.6 Å². The highest BCUT2D eigenvalue weighted by molar-refractivity contribution is 5.88. The Hall–Kier alpha value is -1.76. The topological polar surface area (TPSA) is 9.23 Å². The summed E-state index contributed by atoms with van der Waals surface area (Å²) in [4.78, 5) is 0. The van der Waals surface area contributed by atoms with Gasteiger partial charge in [0.05, 0.1) is 0 Å². The van der Waals surface area contributed by atoms with Crippen LogP contribution < -0.4 is 4.74 Å². The monoisotopic (exact) mass is 183 g/mol. The van der Waals surface area contributed by atoms with Gasteiger partial charge in [-0.25, -0.2) is 0 Å². The van der Waals surface area contributed by atoms with Crippen LogP contribution >= 0.6 is 0 Å². The zero-order valence-electron chi connectivity index (χ0n) is 7.86. The van der Waals surface area contributed by atoms with E-state index >= 15 is 0 Å². The highest BCUT2D eigenvalue weighted by atomic mass is 16.5. The summed E-state index contributed by atoms with van der Waals surface area (Å²) in [6.45, 7) is 4.16. The average Bonchev–Trinajstić information content (AvgIpc) is 2.26. The van der Waals surface area contributed by atoms with Crippen LogP contribution in [0.3, 0.4) is 0 Å². The Labute approximate surface area is 83.6 Å². The van der Waals surface area contributed by atoms with E-state index in [1.165, 1.54) is 0 Å². The van der Waals surface area contributed by atoms with Crippen LogP contribution in [0.25, 0.3) is 10.8 Å². The van der Waals surface area contributed by atoms with Crippen molar-refractivity contribution in [1.82, 2.24) is 0 Å². The molecule has 0 aliphatic carbocycles. The lowest BCUT2D eigenvalue weighted by atomic mass is 10.1. The zero-order valence-corrected chi connectivity index (χ0v) is 7.86. The van der Waals surface area contributed by atoms with Gasteiger partial charge in [-0.1, -0.05) is 36.9 Å². The van der Waals surface area contributed by atoms with Crippen LogP contribution in [-0.4, -0.2) is 6.61 Å². The maximum Gasteiger partial charge on any atom is 0.127 e. The van der Waals surface area contributed by atoms with Gasteiger partial charge in [0.25, 0.3) is 0 Å². The van der Waals surface area contributed by atoms with E-state index in [2.05, 4.69) is 12.6 Å². The van der Waals surface area contributed by atoms with Gasteiger partial charge in [0, 0.05) is 5.39 Å². The molecule has 0 bridgehead atoms. The van der Waals surface area contributed by atoms with E-state index in [4.69, 9.17) is 4.74 Å². The maximum absolute atomic E-state index is 5.54. The molecule has 1 heteroatoms. The molecule has 0 aliphatic rings. The Morgan fingerprint density at radius 3 is 3.14 bits per heavy atom. The smallest absolute Gasteiger partial charge is 0.127 e. The van der Waals surface area contributed by atoms with Crippen molar-refractivity contribution in [3.05, 3.63) is 55.1 Å². The number of hydrogen-bond donors (Lipinski definition) is 0. The highest BCUT2D eigenvalue weighted by Crippen LogP contribution is 2.24. The number of benzene rings is 2. The molecule has 69 valence electrons. The van der Waals surface area contributed by atoms with Crippen LogP contribution in [0, 0.1) is 6.07 Å². The number of ether oxygens (including phenoxy) is 1. The van der Waals surface area contributed by atoms with E-state index in [-0.39, 0.29) is 0 Å². The molecule has 1 radical (unpaired) electrons. The largest absolute Gasteiger partial charge is 0.489 e. The molecule has 0 atom stereocenters. The van der Waals surface area contributed by atoms with Crippen molar-refractivity contribution < 1.29 is 4.74 Å². The summed E-state index contributed by atoms with van der Waals surface area (Å²) in [6.07, 6.45) is 1.74. The minimum Gasteiger partial charge on any atom is -0.489 e. The lowest BCUT2D eigenvalue weighted by molar-refractivity contribution is 0.367. The lowest BCUT2D eigenvalue weighted by Gasteiger charge is -2.06. The first-order valence-corrected chi connectivity index (χ1v) is 4.54. The molecule has 2 rings (SSSR count). The molecule has 0 heterocycles. The molecule has 0 saturated heterocycles. The van der Waals surface area contributed by atoms with Crippen LogP contribution in [0.1, 0.15) is 0 Å². The van der Waals surface area contributed by atoms with Crippen molar-refractivity contribution in [2.75, 3.05) is 6.61 Å². The third-order valence-corrected chi connectivity index (χ3v) is 2.04. The van der Waals surface area contributed by atoms with Gasteiger partial charge < -0.3 is 4.74 Å². The molecule has 0 fully saturated rings. The molecule has 2 aromatic rings. The molecule has 0 aromatic heterocycles. The summed E-state index contributed by atoms with van der Waals surface area (Å²) in [5, 5.41) is 2.27. The summed E-state index contributed by atoms with van der Waals surface area (Å²) < 4.78 is 5.54. The average molecular weight is 183 g/mol. The van der Waals surface area contributed by atoms with Crippen molar-refractivity contribution in [3.8, 4) is 5.75 Å². The maximum atomic E-state index is 5.54. The van der Waals surface area contributed by atoms with Crippen molar-refractivity contribution in [1.29, 1.82) is 0 Å². The van der Waals surface area contributed by atoms with Crippen molar-refractivity contribution in [2.45, 2.75) is 0 Å². The predicted octanol–water partition coefficient (Wildman–Crippen LogP) is 3.20. The fourth-order valence-electron chi connectivity index (χ4n) is 1.41. The van der Waals surface area contributed by atoms with Gasteiger partial charge in [-0.3, -0.25) is 0 Å². The molecule has 0 aliphatic heterocycles. The third-order valence-electron chi connectivity index (χ3n) is 2.04. The van der Waals surface area contributed by atoms with Gasteiger partial charge in [0.2, 0.25) is 0 Å². The van der Waals surface area contributed by atoms with Crippen LogP contribution in [0.2, 0.25) is 0 Å². The zero-order chi connectivity index (χ0) is 9.80. The molecular formula is C13H11O. The highest BCUT2D eigenvalue weighted by Gasteiger charge is 1.98. The van der Waals surface area contributed by atoms with Crippen LogP contribution in [-0.2, 0) is 0 Å². The third kappa shape index (κ3) is 1.62. The van der Waals surface area contributed by atoms with E-state index in [1.807, 2.05) is 36.4 Å². The SMILES string of the molecule is C=CCOc1cccc2c[c]ccc12. The number of fused-ring (bicyclic) bond motifs is 1. The first-order chi connectivity index (χ1) is 6.92. The Kier molecular flexibility index (Phi) is 2.50. The minimum atomic E-state index is 0.539. The standard InChI is InChI=1S/C13H11O/c1-2-10-14-13-9-5-7-11-6-3-4-8-12(11)13/h2,4-9H,1,10H2. The number of hydrogen-bond acceptors (Lipinski definition) is 1. The van der Waals surface area contributed by atoms with E-state index in [0.717, 1.165) is 16.5 Å². The second-order valence-corrected chi connectivity index (χ2v) is 3.00. The quantitative estimate of drug-likeness (QED) is 0.664. The Morgan fingerprint density at radius 1 is 1.36 bits per heavy atom. The molecule has 14 heavy (non-hydrogen) atoms. The summed E-state index contributed by atoms with van der Waals surface area (Å²) >= 11 is 0. The van der Waals surface area contributed by atoms with E-state index < -0.39 is 0 Å². The molecule has 0 N–H and O–H groups in total. The van der Waals surface area contributed by atoms with Crippen LogP contribution in [0.5, 0.6) is 5.75 Å².